The van der Waals surface area contributed by atoms with Crippen molar-refractivity contribution in [2.24, 2.45) is 0 Å². The van der Waals surface area contributed by atoms with Crippen molar-refractivity contribution in [2.45, 2.75) is 35.0 Å². The van der Waals surface area contributed by atoms with Gasteiger partial charge in [0, 0.05) is 11.8 Å². The molecule has 0 aromatic heterocycles. The molecular formula is C15H13F4KO6S2. The van der Waals surface area contributed by atoms with Crippen molar-refractivity contribution in [1.82, 2.24) is 0 Å². The van der Waals surface area contributed by atoms with Gasteiger partial charge in [-0.2, -0.15) is 26.0 Å². The first-order valence-electron chi connectivity index (χ1n) is 7.36. The Morgan fingerprint density at radius 3 is 2.07 bits per heavy atom. The maximum atomic E-state index is 13.6. The van der Waals surface area contributed by atoms with Gasteiger partial charge in [0.05, 0.1) is 4.90 Å². The molecule has 2 aromatic rings. The van der Waals surface area contributed by atoms with Crippen molar-refractivity contribution in [3.63, 3.8) is 0 Å². The van der Waals surface area contributed by atoms with E-state index in [1.165, 1.54) is 18.2 Å². The number of fused-ring (bicyclic) bond motifs is 1. The molecular weight excluding hydrogens is 455 g/mol. The zero-order valence-electron chi connectivity index (χ0n) is 14.7. The molecule has 0 fully saturated rings. The van der Waals surface area contributed by atoms with Crippen LogP contribution in [0.25, 0.3) is 10.8 Å². The van der Waals surface area contributed by atoms with Crippen LogP contribution in [-0.2, 0) is 24.4 Å². The Balaban J connectivity index is 0.00000392. The summed E-state index contributed by atoms with van der Waals surface area (Å²) < 4.78 is 117. The van der Waals surface area contributed by atoms with Gasteiger partial charge in [0.2, 0.25) is 0 Å². The first kappa shape index (κ1) is 25.9. The second-order valence-corrected chi connectivity index (χ2v) is 8.45. The van der Waals surface area contributed by atoms with Crippen LogP contribution in [0.4, 0.5) is 17.6 Å². The molecule has 13 heteroatoms. The number of halogens is 4. The number of hydrogen-bond donors (Lipinski definition) is 0. The van der Waals surface area contributed by atoms with Gasteiger partial charge in [-0.1, -0.05) is 37.3 Å². The maximum absolute atomic E-state index is 13.6. The van der Waals surface area contributed by atoms with Gasteiger partial charge in [-0.15, -0.1) is 0 Å². The van der Waals surface area contributed by atoms with E-state index in [2.05, 4.69) is 4.18 Å². The number of rotatable bonds is 7. The molecule has 0 saturated carbocycles. The van der Waals surface area contributed by atoms with Crippen molar-refractivity contribution in [3.05, 3.63) is 36.4 Å². The van der Waals surface area contributed by atoms with Crippen LogP contribution >= 0.6 is 0 Å². The third-order valence-electron chi connectivity index (χ3n) is 3.74. The summed E-state index contributed by atoms with van der Waals surface area (Å²) in [6, 6.07) is 7.09. The van der Waals surface area contributed by atoms with E-state index in [9.17, 15) is 39.0 Å². The molecule has 0 amide bonds. The Morgan fingerprint density at radius 1 is 0.964 bits per heavy atom. The standard InChI is InChI=1S/C15H14F4O6S2.K/c1-2-14(16,17)15(18,19)9-25-27(23,24)13-11-6-4-3-5-10(11)7-8-12(13)26(20,21)22;/h3-8H,2,9H2,1H3,(H,20,21,22);/q;+1/p-1. The fourth-order valence-electron chi connectivity index (χ4n) is 2.25. The van der Waals surface area contributed by atoms with Gasteiger partial charge in [-0.25, -0.2) is 8.42 Å². The predicted molar refractivity (Wildman–Crippen MR) is 85.2 cm³/mol. The van der Waals surface area contributed by atoms with Crippen molar-refractivity contribution in [2.75, 3.05) is 6.61 Å². The molecule has 0 radical (unpaired) electrons. The van der Waals surface area contributed by atoms with Crippen LogP contribution in [0.3, 0.4) is 0 Å². The van der Waals surface area contributed by atoms with Gasteiger partial charge < -0.3 is 4.55 Å². The Bertz CT molecular complexity index is 1070. The van der Waals surface area contributed by atoms with Crippen LogP contribution in [0.5, 0.6) is 0 Å². The zero-order valence-corrected chi connectivity index (χ0v) is 19.4. The van der Waals surface area contributed by atoms with E-state index in [1.807, 2.05) is 0 Å². The minimum absolute atomic E-state index is 0. The summed E-state index contributed by atoms with van der Waals surface area (Å²) in [4.78, 5) is -2.40. The Hall–Kier alpha value is -0.124. The molecule has 0 N–H and O–H groups in total. The number of hydrogen-bond acceptors (Lipinski definition) is 6. The molecule has 6 nitrogen and oxygen atoms in total. The van der Waals surface area contributed by atoms with E-state index in [4.69, 9.17) is 0 Å². The van der Waals surface area contributed by atoms with Crippen LogP contribution in [0.1, 0.15) is 13.3 Å². The normalized spacial score (nSPS) is 13.4. The average Bonchev–Trinajstić information content (AvgIpc) is 2.58. The molecule has 2 rings (SSSR count). The molecule has 0 unspecified atom stereocenters. The Labute approximate surface area is 201 Å². The van der Waals surface area contributed by atoms with Gasteiger partial charge >= 0.3 is 63.2 Å². The van der Waals surface area contributed by atoms with Crippen molar-refractivity contribution in [1.29, 1.82) is 0 Å². The van der Waals surface area contributed by atoms with Gasteiger partial charge in [0.1, 0.15) is 21.6 Å². The Morgan fingerprint density at radius 2 is 1.54 bits per heavy atom. The minimum atomic E-state index is -5.34. The summed E-state index contributed by atoms with van der Waals surface area (Å²) in [5.41, 5.74) is 0. The van der Waals surface area contributed by atoms with E-state index in [0.717, 1.165) is 19.1 Å². The summed E-state index contributed by atoms with van der Waals surface area (Å²) in [7, 11) is -10.6. The summed E-state index contributed by atoms with van der Waals surface area (Å²) in [6.45, 7) is -1.45. The molecule has 2 aromatic carbocycles. The fourth-order valence-corrected chi connectivity index (χ4v) is 4.63. The molecule has 150 valence electrons. The van der Waals surface area contributed by atoms with Gasteiger partial charge in [-0.05, 0) is 11.5 Å². The molecule has 28 heavy (non-hydrogen) atoms. The third-order valence-corrected chi connectivity index (χ3v) is 6.11. The number of alkyl halides is 4. The quantitative estimate of drug-likeness (QED) is 0.248. The van der Waals surface area contributed by atoms with Gasteiger partial charge in [0.25, 0.3) is 10.1 Å². The van der Waals surface area contributed by atoms with Crippen LogP contribution in [0, 0.1) is 0 Å². The predicted octanol–water partition coefficient (Wildman–Crippen LogP) is 0.134. The van der Waals surface area contributed by atoms with Crippen LogP contribution < -0.4 is 51.4 Å². The first-order valence-corrected chi connectivity index (χ1v) is 10.2. The second-order valence-electron chi connectivity index (χ2n) is 5.55. The molecule has 0 aliphatic carbocycles. The maximum Gasteiger partial charge on any atom is 1.00 e. The molecule has 0 aliphatic rings. The molecule has 0 bridgehead atoms. The summed E-state index contributed by atoms with van der Waals surface area (Å²) >= 11 is 0. The van der Waals surface area contributed by atoms with Crippen LogP contribution in [0.2, 0.25) is 0 Å². The monoisotopic (exact) mass is 468 g/mol. The molecule has 0 aliphatic heterocycles. The Kier molecular flexibility index (Phi) is 8.27. The summed E-state index contributed by atoms with van der Waals surface area (Å²) in [6.07, 6.45) is -1.28. The largest absolute Gasteiger partial charge is 1.00 e. The van der Waals surface area contributed by atoms with Crippen LogP contribution in [0.15, 0.2) is 46.2 Å². The smallest absolute Gasteiger partial charge is 0.744 e. The van der Waals surface area contributed by atoms with Gasteiger partial charge in [0.15, 0.2) is 0 Å². The van der Waals surface area contributed by atoms with Gasteiger partial charge in [-0.3, -0.25) is 4.18 Å². The molecule has 0 saturated heterocycles. The van der Waals surface area contributed by atoms with Crippen molar-refractivity contribution < 1.29 is 94.5 Å². The molecule has 0 atom stereocenters. The minimum Gasteiger partial charge on any atom is -0.744 e. The molecule has 0 heterocycles. The SMILES string of the molecule is CCC(F)(F)C(F)(F)COS(=O)(=O)c1c(S(=O)(=O)[O-])ccc2ccccc12.[K+]. The number of benzene rings is 2. The third kappa shape index (κ3) is 5.32. The zero-order chi connectivity index (χ0) is 20.7. The van der Waals surface area contributed by atoms with E-state index in [0.29, 0.717) is 6.07 Å². The van der Waals surface area contributed by atoms with Crippen LogP contribution in [-0.4, -0.2) is 39.8 Å². The first-order chi connectivity index (χ1) is 12.2. The van der Waals surface area contributed by atoms with E-state index < -0.39 is 54.9 Å². The van der Waals surface area contributed by atoms with E-state index in [-0.39, 0.29) is 62.2 Å². The fraction of sp³-hybridized carbons (Fsp3) is 0.333. The average molecular weight is 468 g/mol. The molecule has 0 spiro atoms. The topological polar surface area (TPSA) is 101 Å². The van der Waals surface area contributed by atoms with Crippen molar-refractivity contribution in [3.8, 4) is 0 Å². The van der Waals surface area contributed by atoms with Crippen molar-refractivity contribution >= 4 is 31.0 Å². The summed E-state index contributed by atoms with van der Waals surface area (Å²) in [5.74, 6) is -9.38. The van der Waals surface area contributed by atoms with E-state index in [1.54, 1.807) is 0 Å². The summed E-state index contributed by atoms with van der Waals surface area (Å²) in [5, 5.41) is -0.127. The second kappa shape index (κ2) is 8.94. The van der Waals surface area contributed by atoms with E-state index >= 15 is 0 Å².